The lowest BCUT2D eigenvalue weighted by Crippen LogP contribution is -2.30. The Balaban J connectivity index is 1.35. The van der Waals surface area contributed by atoms with Crippen LogP contribution in [0.3, 0.4) is 0 Å². The molecule has 0 saturated carbocycles. The van der Waals surface area contributed by atoms with Crippen LogP contribution >= 0.6 is 0 Å². The van der Waals surface area contributed by atoms with Crippen molar-refractivity contribution in [1.29, 1.82) is 0 Å². The lowest BCUT2D eigenvalue weighted by atomic mass is 10.0. The van der Waals surface area contributed by atoms with E-state index < -0.39 is 6.03 Å². The number of nitrogens with one attached hydrogen (secondary N) is 1. The van der Waals surface area contributed by atoms with Crippen LogP contribution in [-0.2, 0) is 9.47 Å². The van der Waals surface area contributed by atoms with Crippen molar-refractivity contribution in [1.82, 2.24) is 0 Å². The van der Waals surface area contributed by atoms with Crippen molar-refractivity contribution in [2.45, 2.75) is 38.5 Å². The van der Waals surface area contributed by atoms with Gasteiger partial charge in [-0.2, -0.15) is 4.99 Å². The molecule has 2 amide bonds. The number of carbonyl (C=O) groups is 1. The predicted molar refractivity (Wildman–Crippen MR) is 115 cm³/mol. The number of rotatable bonds is 4. The smallest absolute Gasteiger partial charge is 0.348 e. The summed E-state index contributed by atoms with van der Waals surface area (Å²) in [6.45, 7) is 1.80. The van der Waals surface area contributed by atoms with Crippen molar-refractivity contribution in [3.63, 3.8) is 0 Å². The van der Waals surface area contributed by atoms with Gasteiger partial charge in [0.25, 0.3) is 0 Å². The minimum atomic E-state index is -0.625. The summed E-state index contributed by atoms with van der Waals surface area (Å²) < 4.78 is 25.6. The monoisotopic (exact) mass is 411 g/mol. The van der Waals surface area contributed by atoms with Gasteiger partial charge in [0, 0.05) is 25.2 Å². The molecule has 1 aromatic rings. The van der Waals surface area contributed by atoms with Crippen LogP contribution in [0.5, 0.6) is 0 Å². The fraction of sp³-hybridized carbons (Fsp3) is 0.391. The van der Waals surface area contributed by atoms with E-state index in [1.807, 2.05) is 11.0 Å². The number of hydrogen-bond donors (Lipinski definition) is 1. The zero-order valence-electron chi connectivity index (χ0n) is 16.9. The first-order valence-corrected chi connectivity index (χ1v) is 10.4. The van der Waals surface area contributed by atoms with Crippen molar-refractivity contribution < 1.29 is 18.7 Å². The number of hydrogen-bond acceptors (Lipinski definition) is 4. The molecule has 0 aromatic heterocycles. The van der Waals surface area contributed by atoms with Gasteiger partial charge in [-0.25, -0.2) is 9.18 Å². The molecule has 0 radical (unpaired) electrons. The zero-order valence-corrected chi connectivity index (χ0v) is 16.9. The Morgan fingerprint density at radius 3 is 2.87 bits per heavy atom. The molecule has 4 rings (SSSR count). The number of amides is 2. The Morgan fingerprint density at radius 2 is 2.10 bits per heavy atom. The summed E-state index contributed by atoms with van der Waals surface area (Å²) in [5.41, 5.74) is 2.17. The molecule has 3 aliphatic rings. The lowest BCUT2D eigenvalue weighted by molar-refractivity contribution is 0.209. The van der Waals surface area contributed by atoms with Crippen LogP contribution in [0, 0.1) is 5.82 Å². The highest BCUT2D eigenvalue weighted by molar-refractivity contribution is 5.98. The van der Waals surface area contributed by atoms with E-state index in [2.05, 4.69) is 22.5 Å². The van der Waals surface area contributed by atoms with Crippen molar-refractivity contribution >= 4 is 23.3 Å². The average molecular weight is 411 g/mol. The van der Waals surface area contributed by atoms with E-state index in [0.717, 1.165) is 38.8 Å². The van der Waals surface area contributed by atoms with Crippen molar-refractivity contribution in [3.05, 3.63) is 59.8 Å². The molecule has 2 heterocycles. The molecule has 2 aliphatic heterocycles. The molecular weight excluding hydrogens is 385 g/mol. The fourth-order valence-electron chi connectivity index (χ4n) is 3.81. The number of allylic oxidation sites excluding steroid dienone is 4. The number of nitrogens with zero attached hydrogens (tertiary/aromatic N) is 2. The van der Waals surface area contributed by atoms with E-state index in [1.165, 1.54) is 18.1 Å². The first-order valence-electron chi connectivity index (χ1n) is 10.4. The molecule has 1 saturated heterocycles. The number of piperidine rings is 1. The van der Waals surface area contributed by atoms with Crippen LogP contribution in [0.2, 0.25) is 0 Å². The van der Waals surface area contributed by atoms with Gasteiger partial charge in [-0.15, -0.1) is 0 Å². The molecule has 1 aromatic carbocycles. The van der Waals surface area contributed by atoms with E-state index in [4.69, 9.17) is 9.47 Å². The highest BCUT2D eigenvalue weighted by Gasteiger charge is 2.18. The summed E-state index contributed by atoms with van der Waals surface area (Å²) in [4.78, 5) is 18.2. The molecular formula is C23H26FN3O3. The van der Waals surface area contributed by atoms with Crippen LogP contribution in [0.4, 0.5) is 20.6 Å². The van der Waals surface area contributed by atoms with Gasteiger partial charge in [0.05, 0.1) is 5.69 Å². The molecule has 0 atom stereocenters. The maximum absolute atomic E-state index is 14.5. The van der Waals surface area contributed by atoms with Crippen LogP contribution < -0.4 is 10.2 Å². The van der Waals surface area contributed by atoms with Gasteiger partial charge in [-0.05, 0) is 50.3 Å². The summed E-state index contributed by atoms with van der Waals surface area (Å²) in [6, 6.07) is 4.10. The lowest BCUT2D eigenvalue weighted by Gasteiger charge is -2.29. The zero-order chi connectivity index (χ0) is 20.8. The predicted octanol–water partition coefficient (Wildman–Crippen LogP) is 5.30. The van der Waals surface area contributed by atoms with Crippen LogP contribution in [0.15, 0.2) is 59.0 Å². The third-order valence-corrected chi connectivity index (χ3v) is 5.29. The highest BCUT2D eigenvalue weighted by atomic mass is 19.1. The molecule has 1 fully saturated rings. The van der Waals surface area contributed by atoms with Crippen LogP contribution in [-0.4, -0.2) is 31.6 Å². The quantitative estimate of drug-likeness (QED) is 0.730. The molecule has 0 spiro atoms. The van der Waals surface area contributed by atoms with E-state index in [0.29, 0.717) is 23.6 Å². The molecule has 6 nitrogen and oxygen atoms in total. The second kappa shape index (κ2) is 9.61. The second-order valence-electron chi connectivity index (χ2n) is 7.62. The summed E-state index contributed by atoms with van der Waals surface area (Å²) in [5, 5.41) is 2.60. The minimum absolute atomic E-state index is 0.0815. The van der Waals surface area contributed by atoms with Gasteiger partial charge in [0.2, 0.25) is 5.90 Å². The number of carbonyl (C=O) groups excluding carboxylic acids is 1. The second-order valence-corrected chi connectivity index (χ2v) is 7.62. The Hall–Kier alpha value is -3.09. The molecule has 0 unspecified atom stereocenters. The summed E-state index contributed by atoms with van der Waals surface area (Å²) in [5.74, 6) is 0.452. The first kappa shape index (κ1) is 20.2. The summed E-state index contributed by atoms with van der Waals surface area (Å²) in [7, 11) is 0. The number of ether oxygens (including phenoxy) is 2. The van der Waals surface area contributed by atoms with E-state index in [9.17, 15) is 9.18 Å². The Morgan fingerprint density at radius 1 is 1.23 bits per heavy atom. The average Bonchev–Trinajstić information content (AvgIpc) is 2.75. The number of aliphatic imine (C=N–C) groups is 1. The van der Waals surface area contributed by atoms with Crippen LogP contribution in [0.1, 0.15) is 38.5 Å². The van der Waals surface area contributed by atoms with Gasteiger partial charge in [0.15, 0.2) is 6.61 Å². The Labute approximate surface area is 175 Å². The molecule has 1 aliphatic carbocycles. The molecule has 7 heteroatoms. The van der Waals surface area contributed by atoms with E-state index in [1.54, 1.807) is 18.4 Å². The first-order chi connectivity index (χ1) is 14.7. The number of urea groups is 1. The topological polar surface area (TPSA) is 63.2 Å². The normalized spacial score (nSPS) is 20.2. The molecule has 1 N–H and O–H groups in total. The maximum Gasteiger partial charge on any atom is 0.348 e. The molecule has 30 heavy (non-hydrogen) atoms. The minimum Gasteiger partial charge on any atom is -0.488 e. The van der Waals surface area contributed by atoms with E-state index >= 15 is 0 Å². The van der Waals surface area contributed by atoms with Crippen LogP contribution in [0.25, 0.3) is 0 Å². The number of benzene rings is 1. The summed E-state index contributed by atoms with van der Waals surface area (Å²) >= 11 is 0. The molecule has 0 bridgehead atoms. The summed E-state index contributed by atoms with van der Waals surface area (Å²) in [6.07, 6.45) is 13.7. The number of halogens is 1. The van der Waals surface area contributed by atoms with Crippen molar-refractivity contribution in [2.24, 2.45) is 4.99 Å². The molecule has 158 valence electrons. The Bertz CT molecular complexity index is 914. The third-order valence-electron chi connectivity index (χ3n) is 5.29. The SMILES string of the molecule is O=C(N=C1COC=C(CC2=CC=CCC2)O1)Nc1ccc(N2CCCCC2)c(F)c1. The highest BCUT2D eigenvalue weighted by Crippen LogP contribution is 2.26. The van der Waals surface area contributed by atoms with Gasteiger partial charge in [-0.1, -0.05) is 23.8 Å². The van der Waals surface area contributed by atoms with Crippen molar-refractivity contribution in [2.75, 3.05) is 29.9 Å². The van der Waals surface area contributed by atoms with Gasteiger partial charge in [-0.3, -0.25) is 0 Å². The third kappa shape index (κ3) is 5.28. The van der Waals surface area contributed by atoms with Gasteiger partial charge >= 0.3 is 6.03 Å². The van der Waals surface area contributed by atoms with E-state index in [-0.39, 0.29) is 18.3 Å². The Kier molecular flexibility index (Phi) is 6.47. The van der Waals surface area contributed by atoms with Crippen molar-refractivity contribution in [3.8, 4) is 0 Å². The van der Waals surface area contributed by atoms with Gasteiger partial charge < -0.3 is 19.7 Å². The maximum atomic E-state index is 14.5. The fourth-order valence-corrected chi connectivity index (χ4v) is 3.81. The van der Waals surface area contributed by atoms with Gasteiger partial charge in [0.1, 0.15) is 17.8 Å². The largest absolute Gasteiger partial charge is 0.488 e. The number of anilines is 2. The standard InChI is InChI=1S/C23H26FN3O3/c24-20-14-18(9-10-21(20)27-11-5-2-6-12-27)25-23(28)26-22-16-29-15-19(30-22)13-17-7-3-1-4-8-17/h1,3,7,9-10,14-15H,2,4-6,8,11-13,16H2,(H,25,28).